The van der Waals surface area contributed by atoms with Crippen LogP contribution in [0.15, 0.2) is 17.4 Å². The van der Waals surface area contributed by atoms with Crippen LogP contribution >= 0.6 is 11.6 Å². The molecule has 1 amide bonds. The van der Waals surface area contributed by atoms with Crippen LogP contribution in [0.2, 0.25) is 5.02 Å². The lowest BCUT2D eigenvalue weighted by Crippen LogP contribution is -2.45. The van der Waals surface area contributed by atoms with Gasteiger partial charge in [-0.1, -0.05) is 16.8 Å². The molecule has 12 heteroatoms. The summed E-state index contributed by atoms with van der Waals surface area (Å²) in [5.74, 6) is -1.48. The maximum atomic E-state index is 12.6. The van der Waals surface area contributed by atoms with Crippen molar-refractivity contribution in [1.82, 2.24) is 10.4 Å². The van der Waals surface area contributed by atoms with Crippen LogP contribution in [-0.4, -0.2) is 42.3 Å². The van der Waals surface area contributed by atoms with E-state index >= 15 is 0 Å². The van der Waals surface area contributed by atoms with Crippen LogP contribution in [-0.2, 0) is 25.3 Å². The number of hydrazine groups is 1. The largest absolute Gasteiger partial charge is 0.461 e. The Bertz CT molecular complexity index is 741. The van der Waals surface area contributed by atoms with Gasteiger partial charge < -0.3 is 9.57 Å². The lowest BCUT2D eigenvalue weighted by atomic mass is 10.2. The molecule has 0 aliphatic carbocycles. The van der Waals surface area contributed by atoms with Crippen molar-refractivity contribution in [2.45, 2.75) is 25.6 Å². The van der Waals surface area contributed by atoms with Crippen molar-refractivity contribution < 1.29 is 32.3 Å². The predicted octanol–water partition coefficient (Wildman–Crippen LogP) is 1.93. The van der Waals surface area contributed by atoms with Gasteiger partial charge in [-0.05, 0) is 13.0 Å². The Hall–Kier alpha value is -2.56. The van der Waals surface area contributed by atoms with Gasteiger partial charge in [0.1, 0.15) is 0 Å². The van der Waals surface area contributed by atoms with Crippen molar-refractivity contribution in [3.63, 3.8) is 0 Å². The number of rotatable bonds is 5. The number of aromatic nitrogens is 1. The van der Waals surface area contributed by atoms with E-state index in [1.54, 1.807) is 6.92 Å². The number of hydrogen-bond acceptors (Lipinski definition) is 7. The number of amides is 1. The quantitative estimate of drug-likeness (QED) is 0.606. The van der Waals surface area contributed by atoms with Crippen LogP contribution in [0, 0.1) is 0 Å². The molecule has 0 aromatic carbocycles. The summed E-state index contributed by atoms with van der Waals surface area (Å²) in [6, 6.07) is 0.695. The number of nitrogens with one attached hydrogen (secondary N) is 1. The molecule has 0 spiro atoms. The summed E-state index contributed by atoms with van der Waals surface area (Å²) in [7, 11) is 1.33. The first-order valence-corrected chi connectivity index (χ1v) is 7.68. The molecule has 1 aromatic rings. The number of ether oxygens (including phenoxy) is 1. The van der Waals surface area contributed by atoms with E-state index in [2.05, 4.69) is 15.6 Å². The summed E-state index contributed by atoms with van der Waals surface area (Å²) >= 11 is 5.80. The number of carbonyl (C=O) groups excluding carboxylic acids is 2. The zero-order chi connectivity index (χ0) is 19.5. The third-order valence-corrected chi connectivity index (χ3v) is 3.50. The van der Waals surface area contributed by atoms with Gasteiger partial charge in [-0.2, -0.15) is 13.2 Å². The van der Waals surface area contributed by atoms with E-state index in [0.717, 1.165) is 5.01 Å². The zero-order valence-corrected chi connectivity index (χ0v) is 14.4. The summed E-state index contributed by atoms with van der Waals surface area (Å²) in [5.41, 5.74) is 1.29. The highest BCUT2D eigenvalue weighted by molar-refractivity contribution is 6.37. The Morgan fingerprint density at radius 3 is 2.77 bits per heavy atom. The molecule has 0 bridgehead atoms. The molecule has 2 rings (SSSR count). The van der Waals surface area contributed by atoms with E-state index < -0.39 is 29.7 Å². The molecular formula is C14H14ClF3N4O4. The number of esters is 1. The van der Waals surface area contributed by atoms with Gasteiger partial charge >= 0.3 is 12.1 Å². The minimum absolute atomic E-state index is 0.0414. The summed E-state index contributed by atoms with van der Waals surface area (Å²) in [4.78, 5) is 32.1. The second kappa shape index (κ2) is 7.77. The second-order valence-electron chi connectivity index (χ2n) is 5.12. The van der Waals surface area contributed by atoms with Crippen LogP contribution in [0.1, 0.15) is 18.9 Å². The van der Waals surface area contributed by atoms with Gasteiger partial charge in [0, 0.05) is 19.7 Å². The first-order valence-electron chi connectivity index (χ1n) is 7.30. The molecule has 0 fully saturated rings. The third kappa shape index (κ3) is 4.54. The Labute approximate surface area is 150 Å². The van der Waals surface area contributed by atoms with Crippen molar-refractivity contribution in [2.24, 2.45) is 5.16 Å². The average molecular weight is 395 g/mol. The number of alkyl halides is 3. The van der Waals surface area contributed by atoms with Crippen LogP contribution in [0.4, 0.5) is 19.0 Å². The lowest BCUT2D eigenvalue weighted by molar-refractivity contribution is -0.138. The Kier molecular flexibility index (Phi) is 5.90. The zero-order valence-electron chi connectivity index (χ0n) is 13.6. The van der Waals surface area contributed by atoms with Crippen molar-refractivity contribution >= 4 is 35.0 Å². The fourth-order valence-corrected chi connectivity index (χ4v) is 2.27. The molecule has 1 aliphatic heterocycles. The van der Waals surface area contributed by atoms with Crippen molar-refractivity contribution in [2.75, 3.05) is 18.7 Å². The van der Waals surface area contributed by atoms with Gasteiger partial charge in [0.25, 0.3) is 5.91 Å². The molecule has 26 heavy (non-hydrogen) atoms. The molecule has 1 aliphatic rings. The monoisotopic (exact) mass is 394 g/mol. The smallest absolute Gasteiger partial charge is 0.417 e. The van der Waals surface area contributed by atoms with Crippen LogP contribution in [0.5, 0.6) is 0 Å². The van der Waals surface area contributed by atoms with Crippen LogP contribution < -0.4 is 10.4 Å². The van der Waals surface area contributed by atoms with Gasteiger partial charge in [0.2, 0.25) is 6.10 Å². The van der Waals surface area contributed by atoms with Gasteiger partial charge in [-0.3, -0.25) is 15.2 Å². The molecule has 0 saturated heterocycles. The second-order valence-corrected chi connectivity index (χ2v) is 5.53. The summed E-state index contributed by atoms with van der Waals surface area (Å²) in [5, 5.41) is 4.22. The highest BCUT2D eigenvalue weighted by Gasteiger charge is 2.34. The average Bonchev–Trinajstić information content (AvgIpc) is 3.04. The van der Waals surface area contributed by atoms with Gasteiger partial charge in [0.15, 0.2) is 11.5 Å². The number of oxime groups is 1. The maximum Gasteiger partial charge on any atom is 0.417 e. The molecule has 0 radical (unpaired) electrons. The number of nitrogens with zero attached hydrogens (tertiary/aromatic N) is 3. The Balaban J connectivity index is 1.99. The first-order chi connectivity index (χ1) is 12.1. The molecule has 0 saturated carbocycles. The highest BCUT2D eigenvalue weighted by atomic mass is 35.5. The van der Waals surface area contributed by atoms with Crippen LogP contribution in [0.25, 0.3) is 0 Å². The number of anilines is 1. The fourth-order valence-electron chi connectivity index (χ4n) is 1.98. The maximum absolute atomic E-state index is 12.6. The topological polar surface area (TPSA) is 93.1 Å². The number of hydrogen-bond donors (Lipinski definition) is 1. The minimum Gasteiger partial charge on any atom is -0.461 e. The summed E-state index contributed by atoms with van der Waals surface area (Å²) < 4.78 is 42.6. The van der Waals surface area contributed by atoms with E-state index in [-0.39, 0.29) is 29.6 Å². The van der Waals surface area contributed by atoms with Gasteiger partial charge in [-0.25, -0.2) is 9.78 Å². The molecule has 2 heterocycles. The minimum atomic E-state index is -4.59. The first kappa shape index (κ1) is 19.8. The number of halogens is 4. The number of pyridine rings is 1. The highest BCUT2D eigenvalue weighted by Crippen LogP contribution is 2.32. The molecule has 0 unspecified atom stereocenters. The van der Waals surface area contributed by atoms with Crippen molar-refractivity contribution in [3.8, 4) is 0 Å². The molecule has 8 nitrogen and oxygen atoms in total. The molecule has 1 N–H and O–H groups in total. The molecule has 1 aromatic heterocycles. The Morgan fingerprint density at radius 1 is 1.50 bits per heavy atom. The summed E-state index contributed by atoms with van der Waals surface area (Å²) in [6.07, 6.45) is -5.19. The van der Waals surface area contributed by atoms with Crippen molar-refractivity contribution in [3.05, 3.63) is 22.8 Å². The number of carbonyl (C=O) groups is 2. The third-order valence-electron chi connectivity index (χ3n) is 3.22. The normalized spacial score (nSPS) is 16.5. The van der Waals surface area contributed by atoms with Crippen LogP contribution in [0.3, 0.4) is 0 Å². The van der Waals surface area contributed by atoms with Gasteiger partial charge in [0.05, 0.1) is 17.2 Å². The SMILES string of the molecule is CCOC(=O)C1=NO[C@H](C(=O)NN(C)c2ncc(C(F)(F)F)cc2Cl)C1. The standard InChI is InChI=1S/C14H14ClF3N4O4/c1-3-25-13(24)9-5-10(26-21-9)12(23)20-22(2)11-8(15)4-7(6-19-11)14(16,17)18/h4,6,10H,3,5H2,1-2H3,(H,20,23)/t10-/m0/s1. The van der Waals surface area contributed by atoms with E-state index in [1.165, 1.54) is 7.05 Å². The Morgan fingerprint density at radius 2 is 2.19 bits per heavy atom. The van der Waals surface area contributed by atoms with E-state index in [1.807, 2.05) is 0 Å². The molecular weight excluding hydrogens is 381 g/mol. The van der Waals surface area contributed by atoms with Gasteiger partial charge in [-0.15, -0.1) is 0 Å². The summed E-state index contributed by atoms with van der Waals surface area (Å²) in [6.45, 7) is 1.77. The predicted molar refractivity (Wildman–Crippen MR) is 84.4 cm³/mol. The lowest BCUT2D eigenvalue weighted by Gasteiger charge is -2.22. The van der Waals surface area contributed by atoms with E-state index in [0.29, 0.717) is 12.3 Å². The van der Waals surface area contributed by atoms with Crippen molar-refractivity contribution in [1.29, 1.82) is 0 Å². The molecule has 1 atom stereocenters. The van der Waals surface area contributed by atoms with E-state index in [4.69, 9.17) is 21.2 Å². The van der Waals surface area contributed by atoms with E-state index in [9.17, 15) is 22.8 Å². The fraction of sp³-hybridized carbons (Fsp3) is 0.429. The molecule has 142 valence electrons.